The topological polar surface area (TPSA) is 57.4 Å². The summed E-state index contributed by atoms with van der Waals surface area (Å²) in [5.74, 6) is 2.73. The monoisotopic (exact) mass is 340 g/mol. The van der Waals surface area contributed by atoms with E-state index in [1.54, 1.807) is 11.8 Å². The Bertz CT molecular complexity index is 892. The fourth-order valence-corrected chi connectivity index (χ4v) is 3.34. The van der Waals surface area contributed by atoms with Gasteiger partial charge in [-0.05, 0) is 43.2 Å². The van der Waals surface area contributed by atoms with Gasteiger partial charge in [-0.2, -0.15) is 0 Å². The van der Waals surface area contributed by atoms with Crippen LogP contribution in [0.3, 0.4) is 0 Å². The fraction of sp³-hybridized carbons (Fsp3) is 0.222. The van der Waals surface area contributed by atoms with E-state index < -0.39 is 0 Å². The smallest absolute Gasteiger partial charge is 0.277 e. The molecule has 2 heterocycles. The molecule has 122 valence electrons. The van der Waals surface area contributed by atoms with Gasteiger partial charge in [0.05, 0.1) is 0 Å². The summed E-state index contributed by atoms with van der Waals surface area (Å²) in [5, 5.41) is 8.82. The second-order valence-electron chi connectivity index (χ2n) is 5.66. The molecule has 5 nitrogen and oxygen atoms in total. The molecule has 1 aliphatic rings. The number of nitrogens with zero attached hydrogens (tertiary/aromatic N) is 2. The lowest BCUT2D eigenvalue weighted by Crippen LogP contribution is -1.92. The highest BCUT2D eigenvalue weighted by molar-refractivity contribution is 7.98. The van der Waals surface area contributed by atoms with Crippen LogP contribution in [-0.2, 0) is 5.75 Å². The molecule has 2 aromatic carbocycles. The lowest BCUT2D eigenvalue weighted by Gasteiger charge is -2.04. The third-order valence-electron chi connectivity index (χ3n) is 3.88. The van der Waals surface area contributed by atoms with E-state index in [0.29, 0.717) is 16.9 Å². The van der Waals surface area contributed by atoms with Crippen molar-refractivity contribution in [2.75, 3.05) is 6.79 Å². The molecule has 1 aliphatic heterocycles. The second-order valence-corrected chi connectivity index (χ2v) is 6.59. The average Bonchev–Trinajstić information content (AvgIpc) is 3.23. The van der Waals surface area contributed by atoms with Gasteiger partial charge in [0.1, 0.15) is 0 Å². The van der Waals surface area contributed by atoms with Crippen LogP contribution in [-0.4, -0.2) is 17.0 Å². The third kappa shape index (κ3) is 2.97. The Kier molecular flexibility index (Phi) is 3.90. The number of ether oxygens (including phenoxy) is 2. The van der Waals surface area contributed by atoms with Gasteiger partial charge in [-0.15, -0.1) is 10.2 Å². The molecule has 0 spiro atoms. The molecule has 24 heavy (non-hydrogen) atoms. The van der Waals surface area contributed by atoms with Crippen molar-refractivity contribution < 1.29 is 13.9 Å². The Morgan fingerprint density at radius 1 is 1.00 bits per heavy atom. The van der Waals surface area contributed by atoms with E-state index >= 15 is 0 Å². The van der Waals surface area contributed by atoms with Crippen LogP contribution >= 0.6 is 11.8 Å². The highest BCUT2D eigenvalue weighted by atomic mass is 32.2. The molecule has 0 saturated carbocycles. The molecule has 0 aliphatic carbocycles. The van der Waals surface area contributed by atoms with Crippen molar-refractivity contribution >= 4 is 11.8 Å². The largest absolute Gasteiger partial charge is 0.454 e. The molecule has 1 aromatic heterocycles. The first kappa shape index (κ1) is 15.1. The number of aryl methyl sites for hydroxylation is 2. The second kappa shape index (κ2) is 6.20. The van der Waals surface area contributed by atoms with Crippen molar-refractivity contribution in [3.63, 3.8) is 0 Å². The molecular formula is C18H16N2O3S. The van der Waals surface area contributed by atoms with Crippen molar-refractivity contribution in [3.8, 4) is 23.0 Å². The van der Waals surface area contributed by atoms with Crippen LogP contribution in [0.5, 0.6) is 11.5 Å². The summed E-state index contributed by atoms with van der Waals surface area (Å²) in [6.07, 6.45) is 0. The van der Waals surface area contributed by atoms with Gasteiger partial charge in [0.15, 0.2) is 11.5 Å². The minimum absolute atomic E-state index is 0.250. The van der Waals surface area contributed by atoms with Crippen molar-refractivity contribution in [1.82, 2.24) is 10.2 Å². The first-order chi connectivity index (χ1) is 11.7. The summed E-state index contributed by atoms with van der Waals surface area (Å²) in [5.41, 5.74) is 4.62. The first-order valence-corrected chi connectivity index (χ1v) is 8.60. The quantitative estimate of drug-likeness (QED) is 0.657. The number of fused-ring (bicyclic) bond motifs is 1. The summed E-state index contributed by atoms with van der Waals surface area (Å²) < 4.78 is 16.5. The Labute approximate surface area is 144 Å². The summed E-state index contributed by atoms with van der Waals surface area (Å²) in [7, 11) is 0. The zero-order chi connectivity index (χ0) is 16.5. The number of hydrogen-bond donors (Lipinski definition) is 0. The zero-order valence-corrected chi connectivity index (χ0v) is 14.2. The summed E-state index contributed by atoms with van der Waals surface area (Å²) in [4.78, 5) is 0. The van der Waals surface area contributed by atoms with Crippen molar-refractivity contribution in [1.29, 1.82) is 0 Å². The summed E-state index contributed by atoms with van der Waals surface area (Å²) in [6.45, 7) is 4.46. The molecule has 0 amide bonds. The maximum absolute atomic E-state index is 5.77. The predicted octanol–water partition coefficient (Wildman–Crippen LogP) is 4.37. The van der Waals surface area contributed by atoms with Crippen LogP contribution in [0.25, 0.3) is 11.5 Å². The van der Waals surface area contributed by atoms with Gasteiger partial charge in [-0.25, -0.2) is 0 Å². The molecule has 0 unspecified atom stereocenters. The number of benzene rings is 2. The van der Waals surface area contributed by atoms with Gasteiger partial charge >= 0.3 is 0 Å². The van der Waals surface area contributed by atoms with Crippen molar-refractivity contribution in [2.45, 2.75) is 24.8 Å². The molecule has 0 radical (unpaired) electrons. The SMILES string of the molecule is Cc1ccc(C)c(CSc2nnc(-c3ccc4c(c3)OCO4)o2)c1. The van der Waals surface area contributed by atoms with Crippen LogP contribution < -0.4 is 9.47 Å². The predicted molar refractivity (Wildman–Crippen MR) is 91.3 cm³/mol. The fourth-order valence-electron chi connectivity index (χ4n) is 2.51. The highest BCUT2D eigenvalue weighted by Gasteiger charge is 2.17. The minimum atomic E-state index is 0.250. The number of hydrogen-bond acceptors (Lipinski definition) is 6. The van der Waals surface area contributed by atoms with Crippen LogP contribution in [0.15, 0.2) is 46.0 Å². The van der Waals surface area contributed by atoms with E-state index in [0.717, 1.165) is 17.1 Å². The standard InChI is InChI=1S/C18H16N2O3S/c1-11-3-4-12(2)14(7-11)9-24-18-20-19-17(23-18)13-5-6-15-16(8-13)22-10-21-15/h3-8H,9-10H2,1-2H3. The van der Waals surface area contributed by atoms with E-state index in [2.05, 4.69) is 42.2 Å². The van der Waals surface area contributed by atoms with E-state index in [-0.39, 0.29) is 6.79 Å². The molecule has 4 rings (SSSR count). The Balaban J connectivity index is 1.50. The van der Waals surface area contributed by atoms with Gasteiger partial charge in [-0.3, -0.25) is 0 Å². The third-order valence-corrected chi connectivity index (χ3v) is 4.75. The normalized spacial score (nSPS) is 12.6. The number of rotatable bonds is 4. The zero-order valence-electron chi connectivity index (χ0n) is 13.4. The van der Waals surface area contributed by atoms with Crippen LogP contribution in [0.2, 0.25) is 0 Å². The van der Waals surface area contributed by atoms with E-state index in [1.807, 2.05) is 18.2 Å². The molecule has 0 bridgehead atoms. The molecule has 0 atom stereocenters. The number of aromatic nitrogens is 2. The molecule has 0 saturated heterocycles. The minimum Gasteiger partial charge on any atom is -0.454 e. The van der Waals surface area contributed by atoms with Crippen molar-refractivity contribution in [2.24, 2.45) is 0 Å². The Morgan fingerprint density at radius 3 is 2.79 bits per heavy atom. The van der Waals surface area contributed by atoms with Crippen LogP contribution in [0, 0.1) is 13.8 Å². The van der Waals surface area contributed by atoms with E-state index in [4.69, 9.17) is 13.9 Å². The van der Waals surface area contributed by atoms with E-state index in [1.165, 1.54) is 16.7 Å². The van der Waals surface area contributed by atoms with Gasteiger partial charge in [0, 0.05) is 11.3 Å². The molecular weight excluding hydrogens is 324 g/mol. The lowest BCUT2D eigenvalue weighted by atomic mass is 10.1. The van der Waals surface area contributed by atoms with Crippen LogP contribution in [0.1, 0.15) is 16.7 Å². The lowest BCUT2D eigenvalue weighted by molar-refractivity contribution is 0.174. The summed E-state index contributed by atoms with van der Waals surface area (Å²) in [6, 6.07) is 12.0. The Hall–Kier alpha value is -2.47. The molecule has 0 fully saturated rings. The van der Waals surface area contributed by atoms with Gasteiger partial charge in [0.2, 0.25) is 12.7 Å². The van der Waals surface area contributed by atoms with Gasteiger partial charge in [-0.1, -0.05) is 35.5 Å². The molecule has 6 heteroatoms. The van der Waals surface area contributed by atoms with Gasteiger partial charge < -0.3 is 13.9 Å². The van der Waals surface area contributed by atoms with E-state index in [9.17, 15) is 0 Å². The highest BCUT2D eigenvalue weighted by Crippen LogP contribution is 2.36. The van der Waals surface area contributed by atoms with Crippen molar-refractivity contribution in [3.05, 3.63) is 53.1 Å². The maximum Gasteiger partial charge on any atom is 0.277 e. The maximum atomic E-state index is 5.77. The average molecular weight is 340 g/mol. The number of thioether (sulfide) groups is 1. The molecule has 3 aromatic rings. The Morgan fingerprint density at radius 2 is 1.88 bits per heavy atom. The first-order valence-electron chi connectivity index (χ1n) is 7.61. The van der Waals surface area contributed by atoms with Crippen LogP contribution in [0.4, 0.5) is 0 Å². The molecule has 0 N–H and O–H groups in total. The van der Waals surface area contributed by atoms with Gasteiger partial charge in [0.25, 0.3) is 5.22 Å². The summed E-state index contributed by atoms with van der Waals surface area (Å²) >= 11 is 1.54.